The highest BCUT2D eigenvalue weighted by Crippen LogP contribution is 2.50. The fourth-order valence-electron chi connectivity index (χ4n) is 6.53. The van der Waals surface area contributed by atoms with E-state index in [0.717, 1.165) is 16.7 Å². The Morgan fingerprint density at radius 2 is 1.56 bits per heavy atom. The number of aromatic nitrogens is 4. The van der Waals surface area contributed by atoms with Crippen LogP contribution in [-0.4, -0.2) is 76.6 Å². The van der Waals surface area contributed by atoms with Crippen LogP contribution in [0.15, 0.2) is 85.2 Å². The van der Waals surface area contributed by atoms with Crippen LogP contribution in [-0.2, 0) is 33.5 Å². The minimum absolute atomic E-state index is 0.00539. The highest BCUT2D eigenvalue weighted by atomic mass is 31.2. The highest BCUT2D eigenvalue weighted by Gasteiger charge is 2.45. The van der Waals surface area contributed by atoms with E-state index in [0.29, 0.717) is 11.5 Å². The third-order valence-electron chi connectivity index (χ3n) is 9.47. The van der Waals surface area contributed by atoms with Crippen molar-refractivity contribution in [3.8, 4) is 29.5 Å². The van der Waals surface area contributed by atoms with Gasteiger partial charge in [0.1, 0.15) is 42.1 Å². The Morgan fingerprint density at radius 1 is 0.949 bits per heavy atom. The molecule has 18 heteroatoms. The number of benzene rings is 3. The van der Waals surface area contributed by atoms with Crippen LogP contribution in [0.2, 0.25) is 0 Å². The number of imidazole rings is 1. The molecule has 0 bridgehead atoms. The van der Waals surface area contributed by atoms with Crippen LogP contribution in [0, 0.1) is 28.6 Å². The number of carbonyl (C=O) groups excluding carboxylic acids is 1. The third kappa shape index (κ3) is 9.87. The second-order valence-corrected chi connectivity index (χ2v) is 15.0. The fourth-order valence-corrected chi connectivity index (χ4v) is 7.47. The Balaban J connectivity index is 1.42. The Hall–Kier alpha value is -5.91. The number of anilines is 1. The molecule has 17 nitrogen and oxygen atoms in total. The van der Waals surface area contributed by atoms with Crippen molar-refractivity contribution in [1.82, 2.24) is 19.5 Å². The van der Waals surface area contributed by atoms with Crippen LogP contribution in [0.25, 0.3) is 11.2 Å². The number of nitrogens with one attached hydrogen (secondary N) is 1. The van der Waals surface area contributed by atoms with E-state index < -0.39 is 31.9 Å². The van der Waals surface area contributed by atoms with Gasteiger partial charge in [0.25, 0.3) is 0 Å². The average Bonchev–Trinajstić information content (AvgIpc) is 3.85. The lowest BCUT2D eigenvalue weighted by molar-refractivity contribution is -0.118. The molecule has 0 spiro atoms. The minimum Gasteiger partial charge on any atom is -0.497 e. The molecule has 1 amide bonds. The largest absolute Gasteiger partial charge is 0.497 e. The van der Waals surface area contributed by atoms with Crippen LogP contribution in [0.4, 0.5) is 5.95 Å². The van der Waals surface area contributed by atoms with E-state index in [-0.39, 0.29) is 73.9 Å². The van der Waals surface area contributed by atoms with Crippen molar-refractivity contribution in [2.75, 3.05) is 39.4 Å². The standard InChI is InChI=1S/C41H44N7O10P/c1-27(2)38(49)46-40-45-37-36(39(47-40)54-22-8-20-42)44-26-48(37)35-24-33(58-59(50,51)56-23-9-21-43)34(57-35)25-55-41(28-10-6-5-7-11-28,29-12-16-31(52-3)17-13-29)30-14-18-32(53-4)19-15-30/h5-7,10-19,26-27,33-35H,8-9,22-25H2,1-4H3,(H,50,51)(H,45,46,47,49)/t33-,34+,35+/m0/s1. The van der Waals surface area contributed by atoms with Gasteiger partial charge < -0.3 is 28.6 Å². The summed E-state index contributed by atoms with van der Waals surface area (Å²) in [5.41, 5.74) is 1.42. The molecule has 2 N–H and O–H groups in total. The number of nitrogens with zero attached hydrogens (tertiary/aromatic N) is 6. The molecule has 308 valence electrons. The first-order valence-corrected chi connectivity index (χ1v) is 20.2. The number of fused-ring (bicyclic) bond motifs is 1. The second-order valence-electron chi connectivity index (χ2n) is 13.6. The molecule has 0 aliphatic carbocycles. The zero-order valence-electron chi connectivity index (χ0n) is 32.9. The van der Waals surface area contributed by atoms with Gasteiger partial charge in [-0.3, -0.25) is 23.7 Å². The lowest BCUT2D eigenvalue weighted by Gasteiger charge is -2.37. The van der Waals surface area contributed by atoms with Gasteiger partial charge in [-0.15, -0.1) is 0 Å². The van der Waals surface area contributed by atoms with Crippen LogP contribution < -0.4 is 19.5 Å². The molecule has 6 rings (SSSR count). The Labute approximate surface area is 341 Å². The zero-order valence-corrected chi connectivity index (χ0v) is 33.8. The first-order chi connectivity index (χ1) is 28.5. The van der Waals surface area contributed by atoms with Gasteiger partial charge in [0.05, 0.1) is 58.7 Å². The predicted octanol–water partition coefficient (Wildman–Crippen LogP) is 6.44. The Kier molecular flexibility index (Phi) is 13.9. The average molecular weight is 826 g/mol. The van der Waals surface area contributed by atoms with Gasteiger partial charge in [-0.2, -0.15) is 20.5 Å². The number of hydrogen-bond donors (Lipinski definition) is 2. The van der Waals surface area contributed by atoms with Gasteiger partial charge in [-0.1, -0.05) is 68.4 Å². The van der Waals surface area contributed by atoms with Gasteiger partial charge in [0.15, 0.2) is 11.2 Å². The maximum atomic E-state index is 13.3. The molecule has 3 heterocycles. The van der Waals surface area contributed by atoms with Crippen molar-refractivity contribution < 1.29 is 47.0 Å². The molecule has 3 aromatic carbocycles. The summed E-state index contributed by atoms with van der Waals surface area (Å²) in [6.45, 7) is 2.92. The summed E-state index contributed by atoms with van der Waals surface area (Å²) in [7, 11) is -1.57. The predicted molar refractivity (Wildman–Crippen MR) is 212 cm³/mol. The van der Waals surface area contributed by atoms with Gasteiger partial charge in [0.2, 0.25) is 17.7 Å². The summed E-state index contributed by atoms with van der Waals surface area (Å²) >= 11 is 0. The molecule has 59 heavy (non-hydrogen) atoms. The number of carbonyl (C=O) groups is 1. The molecule has 2 aromatic heterocycles. The summed E-state index contributed by atoms with van der Waals surface area (Å²) in [5.74, 6) is 0.518. The molecule has 0 radical (unpaired) electrons. The zero-order chi connectivity index (χ0) is 42.0. The third-order valence-corrected chi connectivity index (χ3v) is 10.5. The number of amides is 1. The molecule has 1 aliphatic rings. The number of methoxy groups -OCH3 is 2. The molecule has 1 saturated heterocycles. The number of nitriles is 2. The Bertz CT molecular complexity index is 2280. The highest BCUT2D eigenvalue weighted by molar-refractivity contribution is 7.47. The quantitative estimate of drug-likeness (QED) is 0.0519. The van der Waals surface area contributed by atoms with Crippen LogP contribution >= 0.6 is 7.82 Å². The lowest BCUT2D eigenvalue weighted by Crippen LogP contribution is -2.38. The number of phosphoric ester groups is 1. The maximum Gasteiger partial charge on any atom is 0.472 e. The summed E-state index contributed by atoms with van der Waals surface area (Å²) in [6, 6.07) is 28.4. The lowest BCUT2D eigenvalue weighted by atomic mass is 9.80. The van der Waals surface area contributed by atoms with E-state index in [1.54, 1.807) is 32.6 Å². The monoisotopic (exact) mass is 825 g/mol. The van der Waals surface area contributed by atoms with E-state index in [1.807, 2.05) is 91.0 Å². The number of ether oxygens (including phenoxy) is 5. The van der Waals surface area contributed by atoms with E-state index in [4.69, 9.17) is 43.3 Å². The smallest absolute Gasteiger partial charge is 0.472 e. The van der Waals surface area contributed by atoms with Gasteiger partial charge in [-0.25, -0.2) is 9.55 Å². The van der Waals surface area contributed by atoms with Crippen molar-refractivity contribution in [3.63, 3.8) is 0 Å². The van der Waals surface area contributed by atoms with E-state index >= 15 is 0 Å². The van der Waals surface area contributed by atoms with E-state index in [9.17, 15) is 14.3 Å². The van der Waals surface area contributed by atoms with Gasteiger partial charge in [-0.05, 0) is 41.0 Å². The molecular weight excluding hydrogens is 781 g/mol. The normalized spacial score (nSPS) is 17.5. The van der Waals surface area contributed by atoms with Crippen molar-refractivity contribution >= 4 is 30.8 Å². The van der Waals surface area contributed by atoms with Gasteiger partial charge >= 0.3 is 7.82 Å². The van der Waals surface area contributed by atoms with Crippen molar-refractivity contribution in [2.24, 2.45) is 5.92 Å². The van der Waals surface area contributed by atoms with Crippen molar-refractivity contribution in [2.45, 2.75) is 57.1 Å². The number of phosphoric acid groups is 1. The van der Waals surface area contributed by atoms with Gasteiger partial charge in [0, 0.05) is 12.3 Å². The molecule has 1 unspecified atom stereocenters. The van der Waals surface area contributed by atoms with Crippen LogP contribution in [0.5, 0.6) is 17.4 Å². The summed E-state index contributed by atoms with van der Waals surface area (Å²) < 4.78 is 56.3. The second kappa shape index (κ2) is 19.2. The summed E-state index contributed by atoms with van der Waals surface area (Å²) in [5, 5.41) is 20.8. The van der Waals surface area contributed by atoms with Crippen LogP contribution in [0.1, 0.15) is 56.0 Å². The molecule has 4 atom stereocenters. The topological polar surface area (TPSA) is 222 Å². The number of hydrogen-bond acceptors (Lipinski definition) is 14. The number of rotatable bonds is 19. The first-order valence-electron chi connectivity index (χ1n) is 18.7. The SMILES string of the molecule is COc1ccc(C(OC[C@H]2O[C@@H](n3cnc4c(OCCC#N)nc(NC(=O)C(C)C)nc43)C[C@@H]2OP(=O)(O)OCCC#N)(c2ccccc2)c2ccc(OC)cc2)cc1. The molecule has 1 fully saturated rings. The first kappa shape index (κ1) is 42.7. The molecular formula is C41H44N7O10P. The van der Waals surface area contributed by atoms with E-state index in [2.05, 4.69) is 20.3 Å². The molecule has 0 saturated carbocycles. The van der Waals surface area contributed by atoms with Crippen LogP contribution in [0.3, 0.4) is 0 Å². The van der Waals surface area contributed by atoms with Crippen molar-refractivity contribution in [3.05, 3.63) is 102 Å². The fraction of sp³-hybridized carbons (Fsp3) is 0.366. The molecule has 5 aromatic rings. The molecule has 1 aliphatic heterocycles. The maximum absolute atomic E-state index is 13.3. The Morgan fingerprint density at radius 3 is 2.15 bits per heavy atom. The van der Waals surface area contributed by atoms with Crippen molar-refractivity contribution in [1.29, 1.82) is 10.5 Å². The summed E-state index contributed by atoms with van der Waals surface area (Å²) in [4.78, 5) is 36.9. The minimum atomic E-state index is -4.73. The van der Waals surface area contributed by atoms with E-state index in [1.165, 1.54) is 6.33 Å². The summed E-state index contributed by atoms with van der Waals surface area (Å²) in [6.07, 6.45) is -1.67.